The van der Waals surface area contributed by atoms with Gasteiger partial charge in [0.25, 0.3) is 0 Å². The molecular weight excluding hydrogens is 286 g/mol. The van der Waals surface area contributed by atoms with E-state index in [4.69, 9.17) is 4.74 Å². The molecule has 0 saturated carbocycles. The third-order valence-electron chi connectivity index (χ3n) is 3.43. The van der Waals surface area contributed by atoms with Gasteiger partial charge in [-0.15, -0.1) is 11.3 Å². The van der Waals surface area contributed by atoms with Gasteiger partial charge in [0.15, 0.2) is 5.13 Å². The van der Waals surface area contributed by atoms with Crippen LogP contribution in [0.25, 0.3) is 0 Å². The van der Waals surface area contributed by atoms with E-state index in [0.29, 0.717) is 0 Å². The lowest BCUT2D eigenvalue weighted by atomic mass is 10.1. The molecule has 1 aromatic heterocycles. The predicted octanol–water partition coefficient (Wildman–Crippen LogP) is 3.73. The number of amides is 1. The van der Waals surface area contributed by atoms with Gasteiger partial charge < -0.3 is 15.0 Å². The fourth-order valence-corrected chi connectivity index (χ4v) is 3.26. The van der Waals surface area contributed by atoms with Crippen molar-refractivity contribution in [3.63, 3.8) is 0 Å². The number of hydrogen-bond donors (Lipinski definition) is 1. The number of rotatable bonds is 4. The Morgan fingerprint density at radius 2 is 2.38 bits per heavy atom. The lowest BCUT2D eigenvalue weighted by molar-refractivity contribution is 0.0218. The second-order valence-corrected chi connectivity index (χ2v) is 7.48. The molecule has 0 bridgehead atoms. The Morgan fingerprint density at radius 1 is 1.62 bits per heavy atom. The highest BCUT2D eigenvalue weighted by atomic mass is 32.1. The number of carbonyl (C=O) groups excluding carboxylic acids is 1. The van der Waals surface area contributed by atoms with Gasteiger partial charge >= 0.3 is 6.09 Å². The van der Waals surface area contributed by atoms with Crippen LogP contribution < -0.4 is 5.32 Å². The molecule has 0 radical (unpaired) electrons. The van der Waals surface area contributed by atoms with Gasteiger partial charge in [-0.25, -0.2) is 9.78 Å². The monoisotopic (exact) mass is 311 g/mol. The minimum absolute atomic E-state index is 0.188. The van der Waals surface area contributed by atoms with Crippen LogP contribution in [-0.4, -0.2) is 40.2 Å². The van der Waals surface area contributed by atoms with Crippen LogP contribution in [0.15, 0.2) is 11.6 Å². The maximum Gasteiger partial charge on any atom is 0.410 e. The Balaban J connectivity index is 1.88. The SMILES string of the molecule is CC(CC1CCCN1C(=O)OC(C)(C)C)Nc1nccs1. The van der Waals surface area contributed by atoms with Gasteiger partial charge in [-0.3, -0.25) is 0 Å². The van der Waals surface area contributed by atoms with Crippen molar-refractivity contribution in [3.8, 4) is 0 Å². The molecule has 1 amide bonds. The number of nitrogens with zero attached hydrogens (tertiary/aromatic N) is 2. The van der Waals surface area contributed by atoms with Gasteiger partial charge in [-0.05, 0) is 47.0 Å². The summed E-state index contributed by atoms with van der Waals surface area (Å²) in [6.45, 7) is 8.64. The zero-order chi connectivity index (χ0) is 15.5. The summed E-state index contributed by atoms with van der Waals surface area (Å²) < 4.78 is 5.50. The second kappa shape index (κ2) is 6.64. The van der Waals surface area contributed by atoms with E-state index in [-0.39, 0.29) is 18.2 Å². The van der Waals surface area contributed by atoms with Crippen molar-refractivity contribution in [3.05, 3.63) is 11.6 Å². The zero-order valence-corrected chi connectivity index (χ0v) is 14.1. The van der Waals surface area contributed by atoms with Crippen molar-refractivity contribution < 1.29 is 9.53 Å². The average molecular weight is 311 g/mol. The molecule has 21 heavy (non-hydrogen) atoms. The normalized spacial score (nSPS) is 20.4. The molecule has 2 heterocycles. The van der Waals surface area contributed by atoms with E-state index in [1.165, 1.54) is 0 Å². The van der Waals surface area contributed by atoms with Crippen LogP contribution in [0.1, 0.15) is 47.0 Å². The lowest BCUT2D eigenvalue weighted by Gasteiger charge is -2.30. The molecule has 2 rings (SSSR count). The van der Waals surface area contributed by atoms with Gasteiger partial charge in [0.1, 0.15) is 5.60 Å². The van der Waals surface area contributed by atoms with E-state index in [0.717, 1.165) is 30.9 Å². The Morgan fingerprint density at radius 3 is 3.00 bits per heavy atom. The van der Waals surface area contributed by atoms with Gasteiger partial charge in [-0.2, -0.15) is 0 Å². The van der Waals surface area contributed by atoms with E-state index in [2.05, 4.69) is 17.2 Å². The maximum absolute atomic E-state index is 12.2. The summed E-state index contributed by atoms with van der Waals surface area (Å²) in [6.07, 6.45) is 4.62. The highest BCUT2D eigenvalue weighted by Crippen LogP contribution is 2.25. The number of aromatic nitrogens is 1. The fraction of sp³-hybridized carbons (Fsp3) is 0.733. The molecule has 2 atom stereocenters. The van der Waals surface area contributed by atoms with Crippen molar-refractivity contribution in [2.45, 2.75) is 64.6 Å². The van der Waals surface area contributed by atoms with E-state index in [1.54, 1.807) is 17.5 Å². The van der Waals surface area contributed by atoms with Gasteiger partial charge in [0, 0.05) is 30.2 Å². The molecule has 1 saturated heterocycles. The summed E-state index contributed by atoms with van der Waals surface area (Å²) in [5.74, 6) is 0. The summed E-state index contributed by atoms with van der Waals surface area (Å²) >= 11 is 1.60. The first-order chi connectivity index (χ1) is 9.85. The number of nitrogens with one attached hydrogen (secondary N) is 1. The molecule has 1 aromatic rings. The lowest BCUT2D eigenvalue weighted by Crippen LogP contribution is -2.41. The van der Waals surface area contributed by atoms with Crippen LogP contribution >= 0.6 is 11.3 Å². The molecular formula is C15H25N3O2S. The van der Waals surface area contributed by atoms with E-state index in [1.807, 2.05) is 31.1 Å². The maximum atomic E-state index is 12.2. The van der Waals surface area contributed by atoms with Gasteiger partial charge in [-0.1, -0.05) is 0 Å². The fourth-order valence-electron chi connectivity index (χ4n) is 2.61. The Kier molecular flexibility index (Phi) is 5.08. The van der Waals surface area contributed by atoms with Crippen molar-refractivity contribution in [2.75, 3.05) is 11.9 Å². The quantitative estimate of drug-likeness (QED) is 0.920. The number of likely N-dealkylation sites (tertiary alicyclic amines) is 1. The molecule has 5 nitrogen and oxygen atoms in total. The number of hydrogen-bond acceptors (Lipinski definition) is 5. The summed E-state index contributed by atoms with van der Waals surface area (Å²) in [5.41, 5.74) is -0.436. The molecule has 118 valence electrons. The Bertz CT molecular complexity index is 456. The molecule has 0 spiro atoms. The molecule has 1 aliphatic rings. The smallest absolute Gasteiger partial charge is 0.410 e. The highest BCUT2D eigenvalue weighted by molar-refractivity contribution is 7.13. The third kappa shape index (κ3) is 4.88. The molecule has 2 unspecified atom stereocenters. The molecule has 0 aliphatic carbocycles. The molecule has 1 fully saturated rings. The minimum Gasteiger partial charge on any atom is -0.444 e. The summed E-state index contributed by atoms with van der Waals surface area (Å²) in [5, 5.41) is 6.28. The molecule has 0 aromatic carbocycles. The Hall–Kier alpha value is -1.30. The molecule has 1 aliphatic heterocycles. The summed E-state index contributed by atoms with van der Waals surface area (Å²) in [7, 11) is 0. The van der Waals surface area contributed by atoms with Gasteiger partial charge in [0.05, 0.1) is 0 Å². The van der Waals surface area contributed by atoms with Crippen LogP contribution in [-0.2, 0) is 4.74 Å². The zero-order valence-electron chi connectivity index (χ0n) is 13.3. The first-order valence-electron chi connectivity index (χ1n) is 7.51. The number of anilines is 1. The second-order valence-electron chi connectivity index (χ2n) is 6.59. The van der Waals surface area contributed by atoms with E-state index in [9.17, 15) is 4.79 Å². The number of ether oxygens (including phenoxy) is 1. The van der Waals surface area contributed by atoms with Crippen molar-refractivity contribution in [2.24, 2.45) is 0 Å². The highest BCUT2D eigenvalue weighted by Gasteiger charge is 2.32. The van der Waals surface area contributed by atoms with Crippen LogP contribution in [0, 0.1) is 0 Å². The number of thiazole rings is 1. The predicted molar refractivity (Wildman–Crippen MR) is 85.8 cm³/mol. The topological polar surface area (TPSA) is 54.5 Å². The standard InChI is InChI=1S/C15H25N3O2S/c1-11(17-13-16-7-9-21-13)10-12-6-5-8-18(12)14(19)20-15(2,3)4/h7,9,11-12H,5-6,8,10H2,1-4H3,(H,16,17). The average Bonchev–Trinajstić information content (AvgIpc) is 2.97. The molecule has 6 heteroatoms. The van der Waals surface area contributed by atoms with Crippen molar-refractivity contribution >= 4 is 22.6 Å². The van der Waals surface area contributed by atoms with E-state index >= 15 is 0 Å². The minimum atomic E-state index is -0.436. The van der Waals surface area contributed by atoms with E-state index < -0.39 is 5.60 Å². The van der Waals surface area contributed by atoms with Crippen LogP contribution in [0.4, 0.5) is 9.93 Å². The van der Waals surface area contributed by atoms with Crippen molar-refractivity contribution in [1.82, 2.24) is 9.88 Å². The third-order valence-corrected chi connectivity index (χ3v) is 4.14. The first-order valence-corrected chi connectivity index (χ1v) is 8.39. The first kappa shape index (κ1) is 16.1. The molecule has 1 N–H and O–H groups in total. The summed E-state index contributed by atoms with van der Waals surface area (Å²) in [6, 6.07) is 0.534. The Labute approximate surface area is 130 Å². The van der Waals surface area contributed by atoms with Crippen LogP contribution in [0.3, 0.4) is 0 Å². The summed E-state index contributed by atoms with van der Waals surface area (Å²) in [4.78, 5) is 18.4. The largest absolute Gasteiger partial charge is 0.444 e. The van der Waals surface area contributed by atoms with Gasteiger partial charge in [0.2, 0.25) is 0 Å². The van der Waals surface area contributed by atoms with Crippen LogP contribution in [0.5, 0.6) is 0 Å². The van der Waals surface area contributed by atoms with Crippen molar-refractivity contribution in [1.29, 1.82) is 0 Å². The van der Waals surface area contributed by atoms with Crippen LogP contribution in [0.2, 0.25) is 0 Å². The number of carbonyl (C=O) groups is 1.